The first-order valence-electron chi connectivity index (χ1n) is 4.04. The lowest BCUT2D eigenvalue weighted by molar-refractivity contribution is -0.138. The van der Waals surface area contributed by atoms with Crippen LogP contribution >= 0.6 is 0 Å². The van der Waals surface area contributed by atoms with E-state index >= 15 is 0 Å². The quantitative estimate of drug-likeness (QED) is 0.631. The summed E-state index contributed by atoms with van der Waals surface area (Å²) in [5.74, 6) is -0.992. The maximum absolute atomic E-state index is 10.4. The lowest BCUT2D eigenvalue weighted by Gasteiger charge is -2.05. The minimum absolute atomic E-state index is 0.309. The summed E-state index contributed by atoms with van der Waals surface area (Å²) >= 11 is 0. The van der Waals surface area contributed by atoms with E-state index in [1.165, 1.54) is 0 Å². The molecular weight excluding hydrogens is 166 g/mol. The summed E-state index contributed by atoms with van der Waals surface area (Å²) in [6.45, 7) is 5.46. The molecule has 13 heavy (non-hydrogen) atoms. The van der Waals surface area contributed by atoms with Crippen LogP contribution in [0, 0.1) is 0 Å². The molecule has 0 aliphatic carbocycles. The second-order valence-electron chi connectivity index (χ2n) is 2.62. The molecule has 0 spiro atoms. The first kappa shape index (κ1) is 11.6. The Hall–Kier alpha value is -1.35. The molecule has 0 saturated carbocycles. The van der Waals surface area contributed by atoms with Crippen molar-refractivity contribution in [3.63, 3.8) is 0 Å². The van der Waals surface area contributed by atoms with Crippen LogP contribution in [-0.2, 0) is 4.79 Å². The molecule has 0 bridgehead atoms. The molecule has 0 fully saturated rings. The molecule has 3 N–H and O–H groups in total. The zero-order valence-corrected chi connectivity index (χ0v) is 7.73. The predicted molar refractivity (Wildman–Crippen MR) is 53.3 cm³/mol. The van der Waals surface area contributed by atoms with Gasteiger partial charge in [0, 0.05) is 0 Å². The van der Waals surface area contributed by atoms with Crippen molar-refractivity contribution < 1.29 is 9.90 Å². The Labute approximate surface area is 78.3 Å². The van der Waals surface area contributed by atoms with Crippen LogP contribution in [0.1, 0.15) is 13.3 Å². The molecule has 3 nitrogen and oxygen atoms in total. The van der Waals surface area contributed by atoms with E-state index in [-0.39, 0.29) is 0 Å². The first-order valence-corrected chi connectivity index (χ1v) is 4.04. The number of carboxylic acids is 1. The van der Waals surface area contributed by atoms with Crippen LogP contribution in [0.25, 0.3) is 0 Å². The van der Waals surface area contributed by atoms with Crippen LogP contribution < -0.4 is 5.73 Å². The number of hydrogen-bond acceptors (Lipinski definition) is 2. The summed E-state index contributed by atoms with van der Waals surface area (Å²) in [6, 6.07) is -0.852. The third-order valence-corrected chi connectivity index (χ3v) is 1.54. The molecular formula is C10H15NO2. The normalized spacial score (nSPS) is 14.5. The number of rotatable bonds is 5. The molecule has 0 amide bonds. The Balaban J connectivity index is 4.28. The van der Waals surface area contributed by atoms with E-state index in [1.54, 1.807) is 12.2 Å². The number of carbonyl (C=O) groups is 1. The summed E-state index contributed by atoms with van der Waals surface area (Å²) in [7, 11) is 0. The third-order valence-electron chi connectivity index (χ3n) is 1.54. The summed E-state index contributed by atoms with van der Waals surface area (Å²) < 4.78 is 0. The highest BCUT2D eigenvalue weighted by Gasteiger charge is 2.11. The van der Waals surface area contributed by atoms with Crippen LogP contribution in [-0.4, -0.2) is 17.1 Å². The van der Waals surface area contributed by atoms with Gasteiger partial charge in [0.2, 0.25) is 0 Å². The predicted octanol–water partition coefficient (Wildman–Crippen LogP) is 1.48. The number of carboxylic acid groups (broad SMARTS) is 1. The number of aliphatic carboxylic acids is 1. The van der Waals surface area contributed by atoms with Gasteiger partial charge in [-0.3, -0.25) is 4.79 Å². The second kappa shape index (κ2) is 6.20. The maximum atomic E-state index is 10.4. The molecule has 0 aliphatic heterocycles. The number of nitrogens with two attached hydrogens (primary N) is 1. The van der Waals surface area contributed by atoms with Gasteiger partial charge >= 0.3 is 5.97 Å². The summed E-state index contributed by atoms with van der Waals surface area (Å²) in [6.07, 6.45) is 7.41. The Kier molecular flexibility index (Phi) is 5.55. The molecule has 0 aromatic heterocycles. The van der Waals surface area contributed by atoms with Crippen molar-refractivity contribution >= 4 is 5.97 Å². The fraction of sp³-hybridized carbons (Fsp3) is 0.300. The lowest BCUT2D eigenvalue weighted by Crippen LogP contribution is -2.30. The van der Waals surface area contributed by atoms with Crippen molar-refractivity contribution in [3.05, 3.63) is 36.5 Å². The highest BCUT2D eigenvalue weighted by Crippen LogP contribution is 2.05. The minimum atomic E-state index is -0.992. The van der Waals surface area contributed by atoms with Crippen molar-refractivity contribution in [3.8, 4) is 0 Å². The van der Waals surface area contributed by atoms with E-state index in [0.717, 1.165) is 5.57 Å². The van der Waals surface area contributed by atoms with Crippen LogP contribution in [0.2, 0.25) is 0 Å². The van der Waals surface area contributed by atoms with Crippen molar-refractivity contribution in [1.29, 1.82) is 0 Å². The molecule has 0 aliphatic rings. The fourth-order valence-corrected chi connectivity index (χ4v) is 0.780. The van der Waals surface area contributed by atoms with Gasteiger partial charge in [0.15, 0.2) is 0 Å². The Morgan fingerprint density at radius 1 is 1.69 bits per heavy atom. The standard InChI is InChI=1S/C10H15NO2/c1-3-5-6-8(4-2)7-9(11)10(12)13/h3-6,9H,2,7,11H2,1H3,(H,12,13)/b5-3-,8-6+. The second-order valence-corrected chi connectivity index (χ2v) is 2.62. The van der Waals surface area contributed by atoms with Gasteiger partial charge < -0.3 is 10.8 Å². The zero-order chi connectivity index (χ0) is 10.3. The average molecular weight is 181 g/mol. The van der Waals surface area contributed by atoms with Crippen molar-refractivity contribution in [2.45, 2.75) is 19.4 Å². The highest BCUT2D eigenvalue weighted by atomic mass is 16.4. The van der Waals surface area contributed by atoms with Gasteiger partial charge in [-0.1, -0.05) is 30.9 Å². The van der Waals surface area contributed by atoms with Gasteiger partial charge in [0.1, 0.15) is 6.04 Å². The smallest absolute Gasteiger partial charge is 0.320 e. The van der Waals surface area contributed by atoms with Gasteiger partial charge in [0.05, 0.1) is 0 Å². The lowest BCUT2D eigenvalue weighted by atomic mass is 10.1. The van der Waals surface area contributed by atoms with Gasteiger partial charge in [-0.25, -0.2) is 0 Å². The van der Waals surface area contributed by atoms with Crippen LogP contribution in [0.15, 0.2) is 36.5 Å². The van der Waals surface area contributed by atoms with E-state index < -0.39 is 12.0 Å². The van der Waals surface area contributed by atoms with E-state index in [9.17, 15) is 4.79 Å². The molecule has 72 valence electrons. The van der Waals surface area contributed by atoms with Crippen molar-refractivity contribution in [1.82, 2.24) is 0 Å². The van der Waals surface area contributed by atoms with Crippen molar-refractivity contribution in [2.75, 3.05) is 0 Å². The van der Waals surface area contributed by atoms with Crippen LogP contribution in [0.3, 0.4) is 0 Å². The van der Waals surface area contributed by atoms with E-state index in [0.29, 0.717) is 6.42 Å². The summed E-state index contributed by atoms with van der Waals surface area (Å²) in [4.78, 5) is 10.4. The summed E-state index contributed by atoms with van der Waals surface area (Å²) in [5.41, 5.74) is 6.18. The van der Waals surface area contributed by atoms with E-state index in [1.807, 2.05) is 19.1 Å². The Morgan fingerprint density at radius 2 is 2.31 bits per heavy atom. The molecule has 1 unspecified atom stereocenters. The van der Waals surface area contributed by atoms with Gasteiger partial charge in [-0.2, -0.15) is 0 Å². The first-order chi connectivity index (χ1) is 6.11. The highest BCUT2D eigenvalue weighted by molar-refractivity contribution is 5.73. The van der Waals surface area contributed by atoms with Crippen LogP contribution in [0.5, 0.6) is 0 Å². The number of allylic oxidation sites excluding steroid dienone is 4. The molecule has 3 heteroatoms. The molecule has 0 aromatic carbocycles. The molecule has 0 saturated heterocycles. The monoisotopic (exact) mass is 181 g/mol. The molecule has 1 atom stereocenters. The molecule has 0 aromatic rings. The van der Waals surface area contributed by atoms with E-state index in [4.69, 9.17) is 10.8 Å². The Morgan fingerprint density at radius 3 is 2.69 bits per heavy atom. The third kappa shape index (κ3) is 4.98. The van der Waals surface area contributed by atoms with Crippen LogP contribution in [0.4, 0.5) is 0 Å². The van der Waals surface area contributed by atoms with Crippen molar-refractivity contribution in [2.24, 2.45) is 5.73 Å². The zero-order valence-electron chi connectivity index (χ0n) is 7.73. The Bertz CT molecular complexity index is 241. The van der Waals surface area contributed by atoms with E-state index in [2.05, 4.69) is 6.58 Å². The largest absolute Gasteiger partial charge is 0.480 e. The molecule has 0 rings (SSSR count). The number of hydrogen-bond donors (Lipinski definition) is 2. The fourth-order valence-electron chi connectivity index (χ4n) is 0.780. The average Bonchev–Trinajstić information content (AvgIpc) is 2.11. The van der Waals surface area contributed by atoms with Gasteiger partial charge in [-0.05, 0) is 18.9 Å². The summed E-state index contributed by atoms with van der Waals surface area (Å²) in [5, 5.41) is 8.55. The SMILES string of the molecule is C=C/C(=C\C=C/C)CC(N)C(=O)O. The molecule has 0 heterocycles. The van der Waals surface area contributed by atoms with Gasteiger partial charge in [0.25, 0.3) is 0 Å². The van der Waals surface area contributed by atoms with Gasteiger partial charge in [-0.15, -0.1) is 0 Å². The minimum Gasteiger partial charge on any atom is -0.480 e. The molecule has 0 radical (unpaired) electrons. The maximum Gasteiger partial charge on any atom is 0.320 e. The topological polar surface area (TPSA) is 63.3 Å².